The molecule has 0 spiro atoms. The Morgan fingerprint density at radius 1 is 0.919 bits per heavy atom. The van der Waals surface area contributed by atoms with Crippen molar-refractivity contribution in [2.45, 2.75) is 153 Å². The molecule has 2 aliphatic carbocycles. The number of allylic oxidation sites excluding steroid dienone is 2. The molecule has 0 saturated heterocycles. The molecule has 0 aromatic heterocycles. The average Bonchev–Trinajstić information content (AvgIpc) is 2.77. The van der Waals surface area contributed by atoms with Crippen LogP contribution in [0, 0.1) is 38.4 Å². The first-order valence-corrected chi connectivity index (χ1v) is 15.3. The van der Waals surface area contributed by atoms with Crippen LogP contribution in [0.15, 0.2) is 11.6 Å². The highest BCUT2D eigenvalue weighted by atomic mass is 16.3. The molecular weight excluding hydrogens is 456 g/mol. The topological polar surface area (TPSA) is 57.5 Å². The van der Waals surface area contributed by atoms with E-state index >= 15 is 0 Å². The fourth-order valence-electron chi connectivity index (χ4n) is 8.45. The third-order valence-electron chi connectivity index (χ3n) is 11.8. The molecule has 0 radical (unpaired) electrons. The molecule has 2 fully saturated rings. The van der Waals surface area contributed by atoms with Gasteiger partial charge in [-0.1, -0.05) is 81.2 Å². The van der Waals surface area contributed by atoms with Gasteiger partial charge < -0.3 is 10.2 Å². The van der Waals surface area contributed by atoms with Gasteiger partial charge in [0.05, 0.1) is 6.10 Å². The van der Waals surface area contributed by atoms with Crippen LogP contribution >= 0.6 is 0 Å². The monoisotopic (exact) mass is 518 g/mol. The number of hydrogen-bond acceptors (Lipinski definition) is 3. The van der Waals surface area contributed by atoms with Gasteiger partial charge in [-0.3, -0.25) is 4.79 Å². The first-order chi connectivity index (χ1) is 16.8. The van der Waals surface area contributed by atoms with Crippen molar-refractivity contribution in [1.29, 1.82) is 0 Å². The zero-order valence-corrected chi connectivity index (χ0v) is 26.5. The summed E-state index contributed by atoms with van der Waals surface area (Å²) in [5.41, 5.74) is 1.51. The number of aliphatic hydroxyl groups excluding tert-OH is 2. The van der Waals surface area contributed by atoms with Gasteiger partial charge >= 0.3 is 0 Å². The van der Waals surface area contributed by atoms with Crippen molar-refractivity contribution in [2.75, 3.05) is 6.61 Å². The van der Waals surface area contributed by atoms with Crippen molar-refractivity contribution >= 4 is 5.78 Å². The van der Waals surface area contributed by atoms with Crippen molar-refractivity contribution < 1.29 is 15.0 Å². The van der Waals surface area contributed by atoms with E-state index in [1.54, 1.807) is 6.92 Å². The SMILES string of the molecule is CCCC(C)(C)CC[C@](C)(CCO)CCC(C)(C)[C@]1(C)CC[C@H]2C(C)(C)[C@@H](O)CC[C@]2(C)/C1=C/C(C)=O. The number of hydrogen-bond donors (Lipinski definition) is 2. The molecule has 37 heavy (non-hydrogen) atoms. The lowest BCUT2D eigenvalue weighted by Crippen LogP contribution is -2.57. The molecule has 5 atom stereocenters. The summed E-state index contributed by atoms with van der Waals surface area (Å²) in [6, 6.07) is 0. The highest BCUT2D eigenvalue weighted by Gasteiger charge is 2.60. The van der Waals surface area contributed by atoms with Crippen LogP contribution < -0.4 is 0 Å². The van der Waals surface area contributed by atoms with E-state index in [1.807, 2.05) is 6.08 Å². The normalized spacial score (nSPS) is 33.2. The molecule has 0 amide bonds. The molecule has 3 heteroatoms. The van der Waals surface area contributed by atoms with E-state index in [-0.39, 0.29) is 45.6 Å². The molecule has 0 aromatic carbocycles. The van der Waals surface area contributed by atoms with Gasteiger partial charge in [-0.05, 0) is 116 Å². The number of ketones is 1. The Hall–Kier alpha value is -0.670. The molecule has 0 heterocycles. The zero-order chi connectivity index (χ0) is 28.5. The Morgan fingerprint density at radius 2 is 1.51 bits per heavy atom. The predicted molar refractivity (Wildman–Crippen MR) is 157 cm³/mol. The summed E-state index contributed by atoms with van der Waals surface area (Å²) in [5, 5.41) is 20.9. The molecule has 0 aliphatic heterocycles. The molecule has 0 unspecified atom stereocenters. The fraction of sp³-hybridized carbons (Fsp3) is 0.912. The molecule has 216 valence electrons. The number of fused-ring (bicyclic) bond motifs is 1. The van der Waals surface area contributed by atoms with Crippen molar-refractivity contribution in [3.05, 3.63) is 11.6 Å². The smallest absolute Gasteiger partial charge is 0.152 e. The summed E-state index contributed by atoms with van der Waals surface area (Å²) in [6.45, 7) is 25.5. The maximum absolute atomic E-state index is 12.7. The maximum atomic E-state index is 12.7. The Kier molecular flexibility index (Phi) is 10.1. The molecule has 3 nitrogen and oxygen atoms in total. The van der Waals surface area contributed by atoms with Gasteiger partial charge in [-0.2, -0.15) is 0 Å². The Bertz CT molecular complexity index is 821. The summed E-state index contributed by atoms with van der Waals surface area (Å²) in [7, 11) is 0. The van der Waals surface area contributed by atoms with E-state index < -0.39 is 0 Å². The van der Waals surface area contributed by atoms with Crippen molar-refractivity contribution in [3.63, 3.8) is 0 Å². The van der Waals surface area contributed by atoms with E-state index in [2.05, 4.69) is 69.2 Å². The zero-order valence-electron chi connectivity index (χ0n) is 26.5. The summed E-state index contributed by atoms with van der Waals surface area (Å²) in [4.78, 5) is 12.7. The van der Waals surface area contributed by atoms with Crippen LogP contribution in [0.25, 0.3) is 0 Å². The van der Waals surface area contributed by atoms with Crippen molar-refractivity contribution in [1.82, 2.24) is 0 Å². The van der Waals surface area contributed by atoms with E-state index in [1.165, 1.54) is 24.8 Å². The number of rotatable bonds is 12. The van der Waals surface area contributed by atoms with Crippen LogP contribution in [0.3, 0.4) is 0 Å². The average molecular weight is 519 g/mol. The van der Waals surface area contributed by atoms with Gasteiger partial charge in [0.25, 0.3) is 0 Å². The van der Waals surface area contributed by atoms with Gasteiger partial charge in [0.2, 0.25) is 0 Å². The van der Waals surface area contributed by atoms with Crippen LogP contribution in [-0.2, 0) is 4.79 Å². The lowest BCUT2D eigenvalue weighted by molar-refractivity contribution is -0.122. The third kappa shape index (κ3) is 6.74. The molecule has 0 aromatic rings. The van der Waals surface area contributed by atoms with Gasteiger partial charge in [0, 0.05) is 6.61 Å². The van der Waals surface area contributed by atoms with Gasteiger partial charge in [0.1, 0.15) is 0 Å². The number of carbonyl (C=O) groups excluding carboxylic acids is 1. The third-order valence-corrected chi connectivity index (χ3v) is 11.8. The van der Waals surface area contributed by atoms with Crippen molar-refractivity contribution in [3.8, 4) is 0 Å². The molecule has 2 saturated carbocycles. The highest BCUT2D eigenvalue weighted by Crippen LogP contribution is 2.68. The minimum atomic E-state index is -0.280. The van der Waals surface area contributed by atoms with Crippen LogP contribution in [0.2, 0.25) is 0 Å². The van der Waals surface area contributed by atoms with Crippen LogP contribution in [0.1, 0.15) is 147 Å². The summed E-state index contributed by atoms with van der Waals surface area (Å²) in [5.74, 6) is 0.518. The van der Waals surface area contributed by atoms with E-state index in [4.69, 9.17) is 0 Å². The second-order valence-electron chi connectivity index (χ2n) is 16.0. The lowest BCUT2D eigenvalue weighted by Gasteiger charge is -2.64. The summed E-state index contributed by atoms with van der Waals surface area (Å²) >= 11 is 0. The molecule has 2 aliphatic rings. The first-order valence-electron chi connectivity index (χ1n) is 15.3. The molecule has 0 bridgehead atoms. The largest absolute Gasteiger partial charge is 0.396 e. The molecule has 2 rings (SSSR count). The van der Waals surface area contributed by atoms with E-state index in [0.29, 0.717) is 11.3 Å². The molecule has 2 N–H and O–H groups in total. The van der Waals surface area contributed by atoms with Gasteiger partial charge in [0.15, 0.2) is 5.78 Å². The van der Waals surface area contributed by atoms with Crippen LogP contribution in [0.5, 0.6) is 0 Å². The second-order valence-corrected chi connectivity index (χ2v) is 16.0. The Morgan fingerprint density at radius 3 is 2.05 bits per heavy atom. The highest BCUT2D eigenvalue weighted by molar-refractivity contribution is 5.88. The van der Waals surface area contributed by atoms with Crippen molar-refractivity contribution in [2.24, 2.45) is 38.4 Å². The molecular formula is C34H62O3. The van der Waals surface area contributed by atoms with Crippen LogP contribution in [0.4, 0.5) is 0 Å². The summed E-state index contributed by atoms with van der Waals surface area (Å²) in [6.07, 6.45) is 13.4. The van der Waals surface area contributed by atoms with E-state index in [0.717, 1.165) is 51.4 Å². The quantitative estimate of drug-likeness (QED) is 0.254. The maximum Gasteiger partial charge on any atom is 0.152 e. The predicted octanol–water partition coefficient (Wildman–Crippen LogP) is 8.91. The summed E-state index contributed by atoms with van der Waals surface area (Å²) < 4.78 is 0. The first kappa shape index (κ1) is 32.5. The number of carbonyl (C=O) groups is 1. The van der Waals surface area contributed by atoms with E-state index in [9.17, 15) is 15.0 Å². The standard InChI is InChI=1S/C34H62O3/c1-12-15-29(3,4)18-20-32(9,22-23-35)21-19-30(5,6)34(11)17-13-26-31(7,8)28(37)14-16-33(26,10)27(34)24-25(2)36/h24,26,28,35,37H,12-23H2,1-11H3/b27-24-/t26-,28-,32-,33-,34+/m0/s1. The fourth-order valence-corrected chi connectivity index (χ4v) is 8.45. The van der Waals surface area contributed by atoms with Gasteiger partial charge in [-0.15, -0.1) is 0 Å². The lowest BCUT2D eigenvalue weighted by atomic mass is 9.41. The minimum absolute atomic E-state index is 0.0120. The Labute approximate surface area is 230 Å². The minimum Gasteiger partial charge on any atom is -0.396 e. The van der Waals surface area contributed by atoms with Crippen LogP contribution in [-0.4, -0.2) is 28.7 Å². The Balaban J connectivity index is 2.37. The second kappa shape index (κ2) is 11.4. The number of aliphatic hydroxyl groups is 2. The van der Waals surface area contributed by atoms with Gasteiger partial charge in [-0.25, -0.2) is 0 Å².